The van der Waals surface area contributed by atoms with Gasteiger partial charge in [-0.05, 0) is 36.7 Å². The van der Waals surface area contributed by atoms with Crippen LogP contribution in [0.4, 0.5) is 0 Å². The first-order valence-corrected chi connectivity index (χ1v) is 5.43. The molecule has 0 aliphatic rings. The van der Waals surface area contributed by atoms with Gasteiger partial charge in [0.05, 0.1) is 14.2 Å². The fourth-order valence-electron chi connectivity index (χ4n) is 1.53. The van der Waals surface area contributed by atoms with Gasteiger partial charge in [-0.1, -0.05) is 0 Å². The van der Waals surface area contributed by atoms with E-state index in [4.69, 9.17) is 15.2 Å². The number of nitrogens with two attached hydrogens (primary N) is 1. The van der Waals surface area contributed by atoms with E-state index in [1.54, 1.807) is 14.2 Å². The summed E-state index contributed by atoms with van der Waals surface area (Å²) in [5.41, 5.74) is 6.55. The maximum Gasteiger partial charge on any atom is 0.122 e. The van der Waals surface area contributed by atoms with Crippen molar-refractivity contribution >= 4 is 0 Å². The Labute approximate surface area is 96.7 Å². The van der Waals surface area contributed by atoms with Crippen LogP contribution >= 0.6 is 0 Å². The Balaban J connectivity index is 2.60. The van der Waals surface area contributed by atoms with Gasteiger partial charge in [0.2, 0.25) is 0 Å². The van der Waals surface area contributed by atoms with Crippen LogP contribution in [0.1, 0.15) is 5.56 Å². The Morgan fingerprint density at radius 2 is 2.00 bits per heavy atom. The zero-order valence-corrected chi connectivity index (χ0v) is 9.95. The number of ether oxygens (including phenoxy) is 2. The van der Waals surface area contributed by atoms with Crippen LogP contribution in [-0.2, 0) is 6.42 Å². The Morgan fingerprint density at radius 3 is 2.62 bits per heavy atom. The van der Waals surface area contributed by atoms with E-state index in [-0.39, 0.29) is 0 Å². The number of nitrogens with one attached hydrogen (secondary N) is 1. The summed E-state index contributed by atoms with van der Waals surface area (Å²) in [5.74, 6) is 1.75. The van der Waals surface area contributed by atoms with E-state index in [0.29, 0.717) is 6.54 Å². The van der Waals surface area contributed by atoms with Gasteiger partial charge in [-0.2, -0.15) is 0 Å². The Morgan fingerprint density at radius 1 is 1.19 bits per heavy atom. The van der Waals surface area contributed by atoms with E-state index >= 15 is 0 Å². The molecule has 0 bridgehead atoms. The number of benzene rings is 1. The Hall–Kier alpha value is -1.26. The molecule has 0 saturated heterocycles. The molecule has 16 heavy (non-hydrogen) atoms. The third-order valence-electron chi connectivity index (χ3n) is 2.38. The smallest absolute Gasteiger partial charge is 0.122 e. The van der Waals surface area contributed by atoms with Gasteiger partial charge in [-0.3, -0.25) is 0 Å². The Kier molecular flexibility index (Phi) is 5.67. The predicted molar refractivity (Wildman–Crippen MR) is 65.2 cm³/mol. The molecule has 0 unspecified atom stereocenters. The molecule has 0 fully saturated rings. The molecule has 1 aromatic carbocycles. The highest BCUT2D eigenvalue weighted by atomic mass is 16.5. The molecule has 90 valence electrons. The first kappa shape index (κ1) is 12.8. The molecule has 4 nitrogen and oxygen atoms in total. The zero-order valence-electron chi connectivity index (χ0n) is 9.95. The van der Waals surface area contributed by atoms with Crippen LogP contribution in [0.5, 0.6) is 11.5 Å². The molecule has 0 aromatic heterocycles. The van der Waals surface area contributed by atoms with Crippen LogP contribution in [0.15, 0.2) is 18.2 Å². The van der Waals surface area contributed by atoms with Crippen molar-refractivity contribution in [2.45, 2.75) is 6.42 Å². The molecule has 0 spiro atoms. The molecule has 0 amide bonds. The van der Waals surface area contributed by atoms with Gasteiger partial charge < -0.3 is 20.5 Å². The topological polar surface area (TPSA) is 56.5 Å². The summed E-state index contributed by atoms with van der Waals surface area (Å²) in [4.78, 5) is 0. The second-order valence-corrected chi connectivity index (χ2v) is 3.47. The highest BCUT2D eigenvalue weighted by molar-refractivity contribution is 5.40. The van der Waals surface area contributed by atoms with E-state index in [9.17, 15) is 0 Å². The molecule has 0 aliphatic carbocycles. The fourth-order valence-corrected chi connectivity index (χ4v) is 1.53. The maximum atomic E-state index is 5.40. The number of hydrogen-bond donors (Lipinski definition) is 2. The molecule has 0 radical (unpaired) electrons. The first-order valence-electron chi connectivity index (χ1n) is 5.43. The van der Waals surface area contributed by atoms with Crippen molar-refractivity contribution in [1.82, 2.24) is 5.32 Å². The molecule has 0 heterocycles. The number of methoxy groups -OCH3 is 2. The normalized spacial score (nSPS) is 10.2. The van der Waals surface area contributed by atoms with Gasteiger partial charge in [0, 0.05) is 13.1 Å². The zero-order chi connectivity index (χ0) is 11.8. The van der Waals surface area contributed by atoms with Crippen molar-refractivity contribution in [2.24, 2.45) is 5.73 Å². The van der Waals surface area contributed by atoms with E-state index in [2.05, 4.69) is 5.32 Å². The van der Waals surface area contributed by atoms with Gasteiger partial charge in [0.25, 0.3) is 0 Å². The molecule has 1 aromatic rings. The number of hydrogen-bond acceptors (Lipinski definition) is 4. The minimum absolute atomic E-state index is 0.662. The molecule has 4 heteroatoms. The van der Waals surface area contributed by atoms with Crippen LogP contribution in [0, 0.1) is 0 Å². The van der Waals surface area contributed by atoms with Crippen molar-refractivity contribution in [2.75, 3.05) is 33.9 Å². The third-order valence-corrected chi connectivity index (χ3v) is 2.38. The van der Waals surface area contributed by atoms with Gasteiger partial charge in [-0.25, -0.2) is 0 Å². The highest BCUT2D eigenvalue weighted by Crippen LogP contribution is 2.23. The lowest BCUT2D eigenvalue weighted by molar-refractivity contribution is 0.398. The summed E-state index contributed by atoms with van der Waals surface area (Å²) >= 11 is 0. The summed E-state index contributed by atoms with van der Waals surface area (Å²) in [6, 6.07) is 5.83. The molecule has 0 atom stereocenters. The van der Waals surface area contributed by atoms with E-state index < -0.39 is 0 Å². The van der Waals surface area contributed by atoms with Crippen molar-refractivity contribution in [3.05, 3.63) is 23.8 Å². The van der Waals surface area contributed by atoms with Crippen molar-refractivity contribution in [3.63, 3.8) is 0 Å². The predicted octanol–water partition coefficient (Wildman–Crippen LogP) is 0.795. The van der Waals surface area contributed by atoms with Crippen LogP contribution in [0.3, 0.4) is 0 Å². The second-order valence-electron chi connectivity index (χ2n) is 3.47. The van der Waals surface area contributed by atoms with Gasteiger partial charge >= 0.3 is 0 Å². The molecular formula is C12H20N2O2. The lowest BCUT2D eigenvalue weighted by Crippen LogP contribution is -2.24. The minimum atomic E-state index is 0.662. The van der Waals surface area contributed by atoms with Crippen LogP contribution < -0.4 is 20.5 Å². The monoisotopic (exact) mass is 224 g/mol. The largest absolute Gasteiger partial charge is 0.497 e. The lowest BCUT2D eigenvalue weighted by atomic mass is 10.1. The average Bonchev–Trinajstić information content (AvgIpc) is 2.34. The summed E-state index contributed by atoms with van der Waals surface area (Å²) in [7, 11) is 3.34. The summed E-state index contributed by atoms with van der Waals surface area (Å²) in [6.07, 6.45) is 0.903. The summed E-state index contributed by atoms with van der Waals surface area (Å²) in [5, 5.41) is 3.25. The molecule has 0 aliphatic heterocycles. The Bertz CT molecular complexity index is 316. The molecule has 1 rings (SSSR count). The van der Waals surface area contributed by atoms with Gasteiger partial charge in [0.1, 0.15) is 11.5 Å². The fraction of sp³-hybridized carbons (Fsp3) is 0.500. The molecule has 3 N–H and O–H groups in total. The van der Waals surface area contributed by atoms with E-state index in [1.807, 2.05) is 18.2 Å². The molecular weight excluding hydrogens is 204 g/mol. The first-order chi connectivity index (χ1) is 7.81. The lowest BCUT2D eigenvalue weighted by Gasteiger charge is -2.10. The summed E-state index contributed by atoms with van der Waals surface area (Å²) < 4.78 is 10.5. The van der Waals surface area contributed by atoms with Gasteiger partial charge in [-0.15, -0.1) is 0 Å². The SMILES string of the molecule is COc1ccc(OC)c(CCNCCN)c1. The third kappa shape index (κ3) is 3.72. The minimum Gasteiger partial charge on any atom is -0.497 e. The van der Waals surface area contributed by atoms with Crippen molar-refractivity contribution in [1.29, 1.82) is 0 Å². The molecule has 0 saturated carbocycles. The summed E-state index contributed by atoms with van der Waals surface area (Å²) in [6.45, 7) is 2.39. The maximum absolute atomic E-state index is 5.40. The van der Waals surface area contributed by atoms with Crippen LogP contribution in [-0.4, -0.2) is 33.9 Å². The number of rotatable bonds is 7. The highest BCUT2D eigenvalue weighted by Gasteiger charge is 2.04. The van der Waals surface area contributed by atoms with Crippen LogP contribution in [0.2, 0.25) is 0 Å². The second kappa shape index (κ2) is 7.09. The van der Waals surface area contributed by atoms with Gasteiger partial charge in [0.15, 0.2) is 0 Å². The van der Waals surface area contributed by atoms with E-state index in [0.717, 1.165) is 36.6 Å². The van der Waals surface area contributed by atoms with E-state index in [1.165, 1.54) is 0 Å². The van der Waals surface area contributed by atoms with Crippen molar-refractivity contribution in [3.8, 4) is 11.5 Å². The van der Waals surface area contributed by atoms with Crippen LogP contribution in [0.25, 0.3) is 0 Å². The standard InChI is InChI=1S/C12H20N2O2/c1-15-11-3-4-12(16-2)10(9-11)5-7-14-8-6-13/h3-4,9,14H,5-8,13H2,1-2H3. The average molecular weight is 224 g/mol. The van der Waals surface area contributed by atoms with Crippen molar-refractivity contribution < 1.29 is 9.47 Å². The quantitative estimate of drug-likeness (QED) is 0.672.